The molecule has 0 N–H and O–H groups in total. The van der Waals surface area contributed by atoms with Crippen molar-refractivity contribution in [3.05, 3.63) is 86.8 Å². The molecule has 1 aliphatic heterocycles. The molecule has 1 fully saturated rings. The molecule has 2 aromatic carbocycles. The number of benzene rings is 2. The molecule has 3 aromatic rings. The van der Waals surface area contributed by atoms with Crippen LogP contribution in [0.3, 0.4) is 0 Å². The highest BCUT2D eigenvalue weighted by molar-refractivity contribution is 6.33. The molecule has 0 saturated carbocycles. The number of rotatable bonds is 8. The molecule has 0 amide bonds. The summed E-state index contributed by atoms with van der Waals surface area (Å²) < 4.78 is 7.00. The van der Waals surface area contributed by atoms with Gasteiger partial charge >= 0.3 is 0 Å². The minimum Gasteiger partial charge on any atom is -0.492 e. The van der Waals surface area contributed by atoms with Crippen molar-refractivity contribution in [1.29, 1.82) is 0 Å². The number of halogens is 2. The van der Waals surface area contributed by atoms with Crippen LogP contribution >= 0.6 is 23.2 Å². The molecule has 8 heteroatoms. The van der Waals surface area contributed by atoms with Gasteiger partial charge in [0.15, 0.2) is 0 Å². The van der Waals surface area contributed by atoms with E-state index in [0.717, 1.165) is 39.1 Å². The predicted octanol–water partition coefficient (Wildman–Crippen LogP) is 3.99. The number of hydrogen-bond acceptors (Lipinski definition) is 5. The van der Waals surface area contributed by atoms with Gasteiger partial charge in [0, 0.05) is 37.7 Å². The van der Waals surface area contributed by atoms with Gasteiger partial charge in [0.05, 0.1) is 18.4 Å². The highest BCUT2D eigenvalue weighted by Crippen LogP contribution is 2.22. The molecule has 0 spiro atoms. The minimum absolute atomic E-state index is 0.212. The third-order valence-corrected chi connectivity index (χ3v) is 6.23. The first kappa shape index (κ1) is 22.6. The lowest BCUT2D eigenvalue weighted by Crippen LogP contribution is -2.47. The van der Waals surface area contributed by atoms with E-state index in [9.17, 15) is 4.79 Å². The number of piperazine rings is 1. The highest BCUT2D eigenvalue weighted by atomic mass is 35.5. The average Bonchev–Trinajstić information content (AvgIpc) is 2.83. The highest BCUT2D eigenvalue weighted by Gasteiger charge is 2.21. The molecule has 0 radical (unpaired) electrons. The van der Waals surface area contributed by atoms with Gasteiger partial charge < -0.3 is 9.64 Å². The van der Waals surface area contributed by atoms with Crippen LogP contribution < -0.4 is 15.2 Å². The van der Waals surface area contributed by atoms with Crippen LogP contribution in [0.5, 0.6) is 5.75 Å². The van der Waals surface area contributed by atoms with Crippen LogP contribution in [0.1, 0.15) is 5.56 Å². The van der Waals surface area contributed by atoms with Crippen molar-refractivity contribution >= 4 is 28.9 Å². The summed E-state index contributed by atoms with van der Waals surface area (Å²) in [5.41, 5.74) is 1.76. The Morgan fingerprint density at radius 2 is 1.62 bits per heavy atom. The first-order valence-electron chi connectivity index (χ1n) is 10.8. The summed E-state index contributed by atoms with van der Waals surface area (Å²) in [4.78, 5) is 17.3. The molecule has 0 atom stereocenters. The number of anilines is 1. The lowest BCUT2D eigenvalue weighted by Gasteiger charge is -2.36. The Hall–Kier alpha value is -2.54. The van der Waals surface area contributed by atoms with Gasteiger partial charge in [-0.2, -0.15) is 5.10 Å². The third kappa shape index (κ3) is 5.82. The first-order valence-corrected chi connectivity index (χ1v) is 11.5. The van der Waals surface area contributed by atoms with Crippen molar-refractivity contribution in [3.63, 3.8) is 0 Å². The fourth-order valence-corrected chi connectivity index (χ4v) is 4.15. The molecule has 6 nitrogen and oxygen atoms in total. The number of hydrogen-bond donors (Lipinski definition) is 0. The van der Waals surface area contributed by atoms with Crippen LogP contribution in [0.25, 0.3) is 0 Å². The summed E-state index contributed by atoms with van der Waals surface area (Å²) in [6.07, 6.45) is 2.73. The maximum Gasteiger partial charge on any atom is 0.287 e. The molecule has 4 rings (SSSR count). The van der Waals surface area contributed by atoms with E-state index in [1.807, 2.05) is 6.07 Å². The van der Waals surface area contributed by atoms with E-state index in [1.165, 1.54) is 10.2 Å². The monoisotopic (exact) mass is 472 g/mol. The zero-order chi connectivity index (χ0) is 22.3. The first-order chi connectivity index (χ1) is 15.6. The summed E-state index contributed by atoms with van der Waals surface area (Å²) in [7, 11) is 0. The van der Waals surface area contributed by atoms with Gasteiger partial charge in [0.1, 0.15) is 17.4 Å². The van der Waals surface area contributed by atoms with Crippen molar-refractivity contribution in [3.8, 4) is 5.75 Å². The van der Waals surface area contributed by atoms with Gasteiger partial charge in [-0.1, -0.05) is 53.5 Å². The van der Waals surface area contributed by atoms with Gasteiger partial charge in [0.2, 0.25) is 0 Å². The van der Waals surface area contributed by atoms with E-state index in [-0.39, 0.29) is 10.6 Å². The van der Waals surface area contributed by atoms with E-state index in [2.05, 4.69) is 39.2 Å². The second kappa shape index (κ2) is 10.9. The van der Waals surface area contributed by atoms with Crippen molar-refractivity contribution in [2.75, 3.05) is 44.2 Å². The Morgan fingerprint density at radius 1 is 0.906 bits per heavy atom. The van der Waals surface area contributed by atoms with E-state index < -0.39 is 0 Å². The summed E-state index contributed by atoms with van der Waals surface area (Å²) in [6.45, 7) is 5.15. The lowest BCUT2D eigenvalue weighted by atomic mass is 10.1. The topological polar surface area (TPSA) is 50.6 Å². The number of ether oxygens (including phenoxy) is 1. The van der Waals surface area contributed by atoms with Crippen molar-refractivity contribution in [1.82, 2.24) is 14.7 Å². The molecule has 0 aliphatic carbocycles. The van der Waals surface area contributed by atoms with Gasteiger partial charge in [-0.05, 0) is 36.2 Å². The summed E-state index contributed by atoms with van der Waals surface area (Å²) in [6, 6.07) is 17.6. The smallest absolute Gasteiger partial charge is 0.287 e. The second-order valence-electron chi connectivity index (χ2n) is 7.74. The summed E-state index contributed by atoms with van der Waals surface area (Å²) in [5.74, 6) is 0.690. The second-order valence-corrected chi connectivity index (χ2v) is 8.55. The molecule has 0 bridgehead atoms. The molecule has 168 valence electrons. The van der Waals surface area contributed by atoms with Crippen molar-refractivity contribution in [2.24, 2.45) is 0 Å². The van der Waals surface area contributed by atoms with Gasteiger partial charge in [0.25, 0.3) is 5.56 Å². The zero-order valence-electron chi connectivity index (χ0n) is 17.8. The maximum atomic E-state index is 12.7. The molecule has 1 saturated heterocycles. The molecule has 1 aromatic heterocycles. The van der Waals surface area contributed by atoms with E-state index in [1.54, 1.807) is 30.5 Å². The standard InChI is InChI=1S/C24H26Cl2N4O2/c25-20-6-8-21(9-7-20)32-17-16-30-24(31)23(26)22(18-27-30)29-14-12-28(13-15-29)11-10-19-4-2-1-3-5-19/h1-9,18H,10-17H2. The molecule has 32 heavy (non-hydrogen) atoms. The summed E-state index contributed by atoms with van der Waals surface area (Å²) >= 11 is 12.3. The maximum absolute atomic E-state index is 12.7. The van der Waals surface area contributed by atoms with Crippen LogP contribution in [0.15, 0.2) is 65.6 Å². The largest absolute Gasteiger partial charge is 0.492 e. The van der Waals surface area contributed by atoms with E-state index in [4.69, 9.17) is 27.9 Å². The fraction of sp³-hybridized carbons (Fsp3) is 0.333. The number of nitrogens with zero attached hydrogens (tertiary/aromatic N) is 4. The molecule has 2 heterocycles. The lowest BCUT2D eigenvalue weighted by molar-refractivity contribution is 0.260. The SMILES string of the molecule is O=c1c(Cl)c(N2CCN(CCc3ccccc3)CC2)cnn1CCOc1ccc(Cl)cc1. The minimum atomic E-state index is -0.296. The van der Waals surface area contributed by atoms with E-state index >= 15 is 0 Å². The van der Waals surface area contributed by atoms with Crippen LogP contribution in [0, 0.1) is 0 Å². The molecule has 1 aliphatic rings. The molecule has 0 unspecified atom stereocenters. The van der Waals surface area contributed by atoms with Gasteiger partial charge in [-0.15, -0.1) is 0 Å². The third-order valence-electron chi connectivity index (χ3n) is 5.62. The molecular weight excluding hydrogens is 447 g/mol. The Balaban J connectivity index is 1.29. The summed E-state index contributed by atoms with van der Waals surface area (Å²) in [5, 5.41) is 5.18. The zero-order valence-corrected chi connectivity index (χ0v) is 19.3. The van der Waals surface area contributed by atoms with Crippen LogP contribution in [-0.4, -0.2) is 54.0 Å². The number of aromatic nitrogens is 2. The molecular formula is C24H26Cl2N4O2. The Kier molecular flexibility index (Phi) is 7.68. The Morgan fingerprint density at radius 3 is 2.34 bits per heavy atom. The average molecular weight is 473 g/mol. The fourth-order valence-electron chi connectivity index (χ4n) is 3.76. The van der Waals surface area contributed by atoms with Crippen LogP contribution in [0.2, 0.25) is 10.0 Å². The Labute approximate surface area is 197 Å². The van der Waals surface area contributed by atoms with Gasteiger partial charge in [-0.25, -0.2) is 4.68 Å². The van der Waals surface area contributed by atoms with Crippen LogP contribution in [-0.2, 0) is 13.0 Å². The van der Waals surface area contributed by atoms with E-state index in [0.29, 0.717) is 29.6 Å². The van der Waals surface area contributed by atoms with Crippen molar-refractivity contribution < 1.29 is 4.74 Å². The van der Waals surface area contributed by atoms with Crippen LogP contribution in [0.4, 0.5) is 5.69 Å². The predicted molar refractivity (Wildman–Crippen MR) is 129 cm³/mol. The van der Waals surface area contributed by atoms with Crippen molar-refractivity contribution in [2.45, 2.75) is 13.0 Å². The Bertz CT molecular complexity index is 1070. The normalized spacial score (nSPS) is 14.5. The quantitative estimate of drug-likeness (QED) is 0.495. The van der Waals surface area contributed by atoms with Gasteiger partial charge in [-0.3, -0.25) is 9.69 Å².